The van der Waals surface area contributed by atoms with Crippen LogP contribution in [0.5, 0.6) is 0 Å². The van der Waals surface area contributed by atoms with Crippen LogP contribution in [0.3, 0.4) is 0 Å². The van der Waals surface area contributed by atoms with E-state index in [-0.39, 0.29) is 6.10 Å². The smallest absolute Gasteiger partial charge is 0.108 e. The van der Waals surface area contributed by atoms with Gasteiger partial charge in [-0.3, -0.25) is 0 Å². The van der Waals surface area contributed by atoms with Crippen molar-refractivity contribution in [2.24, 2.45) is 0 Å². The van der Waals surface area contributed by atoms with Gasteiger partial charge in [0.25, 0.3) is 0 Å². The molecule has 70 valence electrons. The van der Waals surface area contributed by atoms with Crippen molar-refractivity contribution in [3.05, 3.63) is 47.0 Å². The van der Waals surface area contributed by atoms with Crippen molar-refractivity contribution >= 4 is 22.4 Å². The number of rotatable bonds is 1. The molecule has 2 heteroatoms. The second-order valence-corrected chi connectivity index (χ2v) is 3.91. The summed E-state index contributed by atoms with van der Waals surface area (Å²) < 4.78 is 5.30. The summed E-state index contributed by atoms with van der Waals surface area (Å²) in [5, 5.41) is 3.25. The van der Waals surface area contributed by atoms with Gasteiger partial charge >= 0.3 is 0 Å². The monoisotopic (exact) mass is 204 g/mol. The number of halogens is 1. The van der Waals surface area contributed by atoms with Crippen molar-refractivity contribution in [2.45, 2.75) is 6.10 Å². The van der Waals surface area contributed by atoms with Crippen molar-refractivity contribution in [3.63, 3.8) is 0 Å². The summed E-state index contributed by atoms with van der Waals surface area (Å²) in [6.45, 7) is 0.799. The van der Waals surface area contributed by atoms with Crippen LogP contribution in [0.1, 0.15) is 11.7 Å². The normalized spacial score (nSPS) is 19.9. The molecule has 0 saturated carbocycles. The highest BCUT2D eigenvalue weighted by atomic mass is 35.5. The zero-order chi connectivity index (χ0) is 9.54. The van der Waals surface area contributed by atoms with Gasteiger partial charge in [0.05, 0.1) is 6.61 Å². The third kappa shape index (κ3) is 1.21. The number of hydrogen-bond donors (Lipinski definition) is 0. The lowest BCUT2D eigenvalue weighted by atomic mass is 10.0. The van der Waals surface area contributed by atoms with Gasteiger partial charge in [-0.1, -0.05) is 41.9 Å². The molecule has 0 radical (unpaired) electrons. The van der Waals surface area contributed by atoms with Crippen molar-refractivity contribution in [1.29, 1.82) is 0 Å². The molecule has 0 aromatic heterocycles. The van der Waals surface area contributed by atoms with E-state index in [1.807, 2.05) is 24.3 Å². The molecule has 2 aromatic carbocycles. The minimum atomic E-state index is 0.216. The Morgan fingerprint density at radius 2 is 1.93 bits per heavy atom. The summed E-state index contributed by atoms with van der Waals surface area (Å²) in [5.41, 5.74) is 1.14. The van der Waals surface area contributed by atoms with Crippen LogP contribution in [0, 0.1) is 0 Å². The van der Waals surface area contributed by atoms with E-state index in [1.54, 1.807) is 0 Å². The molecule has 14 heavy (non-hydrogen) atoms. The number of benzene rings is 2. The van der Waals surface area contributed by atoms with Gasteiger partial charge in [-0.05, 0) is 16.8 Å². The minimum Gasteiger partial charge on any atom is -0.368 e. The first kappa shape index (κ1) is 8.27. The predicted octanol–water partition coefficient (Wildman–Crippen LogP) is 3.56. The zero-order valence-electron chi connectivity index (χ0n) is 7.53. The molecule has 0 spiro atoms. The van der Waals surface area contributed by atoms with Crippen LogP contribution in [0.4, 0.5) is 0 Å². The van der Waals surface area contributed by atoms with Gasteiger partial charge in [-0.15, -0.1) is 0 Å². The van der Waals surface area contributed by atoms with Gasteiger partial charge in [-0.25, -0.2) is 0 Å². The van der Waals surface area contributed by atoms with Crippen LogP contribution in [0.2, 0.25) is 5.02 Å². The molecule has 1 fully saturated rings. The Kier molecular flexibility index (Phi) is 1.76. The fourth-order valence-corrected chi connectivity index (χ4v) is 2.10. The molecule has 1 nitrogen and oxygen atoms in total. The van der Waals surface area contributed by atoms with Crippen molar-refractivity contribution in [2.75, 3.05) is 6.61 Å². The first-order valence-electron chi connectivity index (χ1n) is 4.65. The summed E-state index contributed by atoms with van der Waals surface area (Å²) in [5.74, 6) is 0. The lowest BCUT2D eigenvalue weighted by Gasteiger charge is -2.05. The van der Waals surface area contributed by atoms with Crippen LogP contribution < -0.4 is 0 Å². The maximum atomic E-state index is 6.16. The average Bonchev–Trinajstić information content (AvgIpc) is 3.01. The van der Waals surface area contributed by atoms with E-state index in [0.29, 0.717) is 0 Å². The second kappa shape index (κ2) is 2.97. The number of ether oxygens (including phenoxy) is 1. The van der Waals surface area contributed by atoms with Gasteiger partial charge in [-0.2, -0.15) is 0 Å². The predicted molar refractivity (Wildman–Crippen MR) is 57.7 cm³/mol. The molecule has 0 N–H and O–H groups in total. The van der Waals surface area contributed by atoms with Crippen molar-refractivity contribution in [3.8, 4) is 0 Å². The van der Waals surface area contributed by atoms with Crippen LogP contribution in [0.25, 0.3) is 10.8 Å². The van der Waals surface area contributed by atoms with E-state index >= 15 is 0 Å². The Bertz CT molecular complexity index is 489. The molecule has 0 amide bonds. The number of fused-ring (bicyclic) bond motifs is 1. The molecule has 1 aliphatic rings. The third-order valence-corrected chi connectivity index (χ3v) is 2.90. The fourth-order valence-electron chi connectivity index (χ4n) is 1.81. The van der Waals surface area contributed by atoms with Gasteiger partial charge in [0.15, 0.2) is 0 Å². The Labute approximate surface area is 87.3 Å². The maximum absolute atomic E-state index is 6.16. The van der Waals surface area contributed by atoms with E-state index in [0.717, 1.165) is 17.2 Å². The van der Waals surface area contributed by atoms with E-state index in [2.05, 4.69) is 12.1 Å². The summed E-state index contributed by atoms with van der Waals surface area (Å²) in [6.07, 6.45) is 0.216. The largest absolute Gasteiger partial charge is 0.368 e. The standard InChI is InChI=1S/C12H9ClO/c13-10-6-5-8-3-1-2-4-9(8)12(10)11-7-14-11/h1-6,11H,7H2/t11-/m1/s1. The van der Waals surface area contributed by atoms with E-state index < -0.39 is 0 Å². The van der Waals surface area contributed by atoms with Crippen molar-refractivity contribution < 1.29 is 4.74 Å². The van der Waals surface area contributed by atoms with Crippen LogP contribution >= 0.6 is 11.6 Å². The SMILES string of the molecule is Clc1ccc2ccccc2c1[C@H]1CO1. The second-order valence-electron chi connectivity index (χ2n) is 3.50. The van der Waals surface area contributed by atoms with Crippen LogP contribution in [0.15, 0.2) is 36.4 Å². The highest BCUT2D eigenvalue weighted by Gasteiger charge is 2.28. The highest BCUT2D eigenvalue weighted by Crippen LogP contribution is 2.39. The van der Waals surface area contributed by atoms with Gasteiger partial charge in [0.2, 0.25) is 0 Å². The van der Waals surface area contributed by atoms with Gasteiger partial charge < -0.3 is 4.74 Å². The topological polar surface area (TPSA) is 12.5 Å². The molecule has 3 rings (SSSR count). The Balaban J connectivity index is 2.37. The Hall–Kier alpha value is -1.05. The summed E-state index contributed by atoms with van der Waals surface area (Å²) in [7, 11) is 0. The summed E-state index contributed by atoms with van der Waals surface area (Å²) in [6, 6.07) is 12.2. The number of epoxide rings is 1. The van der Waals surface area contributed by atoms with Crippen LogP contribution in [-0.2, 0) is 4.74 Å². The first-order chi connectivity index (χ1) is 6.86. The molecule has 0 unspecified atom stereocenters. The van der Waals surface area contributed by atoms with E-state index in [1.165, 1.54) is 10.8 Å². The fraction of sp³-hybridized carbons (Fsp3) is 0.167. The minimum absolute atomic E-state index is 0.216. The molecule has 1 heterocycles. The quantitative estimate of drug-likeness (QED) is 0.647. The molecule has 1 atom stereocenters. The molecule has 0 bridgehead atoms. The van der Waals surface area contributed by atoms with Gasteiger partial charge in [0.1, 0.15) is 6.10 Å². The highest BCUT2D eigenvalue weighted by molar-refractivity contribution is 6.32. The van der Waals surface area contributed by atoms with Crippen molar-refractivity contribution in [1.82, 2.24) is 0 Å². The lowest BCUT2D eigenvalue weighted by Crippen LogP contribution is -1.85. The summed E-state index contributed by atoms with van der Waals surface area (Å²) >= 11 is 6.16. The van der Waals surface area contributed by atoms with Gasteiger partial charge in [0, 0.05) is 10.6 Å². The average molecular weight is 205 g/mol. The summed E-state index contributed by atoms with van der Waals surface area (Å²) in [4.78, 5) is 0. The third-order valence-electron chi connectivity index (χ3n) is 2.57. The Morgan fingerprint density at radius 1 is 1.14 bits per heavy atom. The molecule has 1 aliphatic heterocycles. The first-order valence-corrected chi connectivity index (χ1v) is 5.03. The molecule has 2 aromatic rings. The Morgan fingerprint density at radius 3 is 2.71 bits per heavy atom. The zero-order valence-corrected chi connectivity index (χ0v) is 8.29. The molecular weight excluding hydrogens is 196 g/mol. The molecular formula is C12H9ClO. The molecule has 1 saturated heterocycles. The van der Waals surface area contributed by atoms with Crippen LogP contribution in [-0.4, -0.2) is 6.61 Å². The molecule has 0 aliphatic carbocycles. The number of hydrogen-bond acceptors (Lipinski definition) is 1. The lowest BCUT2D eigenvalue weighted by molar-refractivity contribution is 0.417. The van der Waals surface area contributed by atoms with E-state index in [9.17, 15) is 0 Å². The maximum Gasteiger partial charge on any atom is 0.108 e. The van der Waals surface area contributed by atoms with E-state index in [4.69, 9.17) is 16.3 Å².